The number of ether oxygens (including phenoxy) is 1. The Morgan fingerprint density at radius 1 is 1.19 bits per heavy atom. The van der Waals surface area contributed by atoms with Crippen LogP contribution >= 0.6 is 0 Å². The molecule has 0 saturated carbocycles. The molecule has 2 aromatic rings. The van der Waals surface area contributed by atoms with Crippen molar-refractivity contribution in [2.24, 2.45) is 0 Å². The van der Waals surface area contributed by atoms with Gasteiger partial charge >= 0.3 is 0 Å². The molecule has 1 aliphatic rings. The number of fused-ring (bicyclic) bond motifs is 1. The summed E-state index contributed by atoms with van der Waals surface area (Å²) in [6, 6.07) is 15.3. The molecule has 21 heavy (non-hydrogen) atoms. The van der Waals surface area contributed by atoms with Gasteiger partial charge in [0, 0.05) is 19.0 Å². The van der Waals surface area contributed by atoms with E-state index in [1.165, 1.54) is 11.6 Å². The highest BCUT2D eigenvalue weighted by Crippen LogP contribution is 2.27. The molecule has 3 heteroatoms. The monoisotopic (exact) mass is 285 g/mol. The van der Waals surface area contributed by atoms with Crippen molar-refractivity contribution in [3.05, 3.63) is 65.5 Å². The lowest BCUT2D eigenvalue weighted by Crippen LogP contribution is -2.37. The summed E-state index contributed by atoms with van der Waals surface area (Å²) >= 11 is 0. The number of hydrogen-bond acceptors (Lipinski definition) is 2. The third-order valence-corrected chi connectivity index (χ3v) is 3.89. The van der Waals surface area contributed by atoms with E-state index < -0.39 is 0 Å². The molecule has 1 N–H and O–H groups in total. The largest absolute Gasteiger partial charge is 0.488 e. The summed E-state index contributed by atoms with van der Waals surface area (Å²) in [4.78, 5) is 0. The van der Waals surface area contributed by atoms with Crippen LogP contribution in [0.5, 0.6) is 5.75 Å². The molecule has 0 radical (unpaired) electrons. The summed E-state index contributed by atoms with van der Waals surface area (Å²) in [6.45, 7) is 2.86. The van der Waals surface area contributed by atoms with Gasteiger partial charge in [-0.05, 0) is 36.6 Å². The molecule has 0 aliphatic carbocycles. The third kappa shape index (κ3) is 3.42. The molecule has 2 unspecified atom stereocenters. The van der Waals surface area contributed by atoms with E-state index in [1.54, 1.807) is 6.07 Å². The van der Waals surface area contributed by atoms with E-state index in [0.717, 1.165) is 24.3 Å². The second-order valence-corrected chi connectivity index (χ2v) is 5.66. The molecule has 1 heterocycles. The molecule has 2 aromatic carbocycles. The van der Waals surface area contributed by atoms with Gasteiger partial charge in [0.25, 0.3) is 0 Å². The molecule has 0 bridgehead atoms. The lowest BCUT2D eigenvalue weighted by atomic mass is 10.1. The zero-order chi connectivity index (χ0) is 14.7. The molecule has 0 spiro atoms. The summed E-state index contributed by atoms with van der Waals surface area (Å²) in [6.07, 6.45) is 1.80. The van der Waals surface area contributed by atoms with Crippen molar-refractivity contribution < 1.29 is 9.13 Å². The minimum Gasteiger partial charge on any atom is -0.488 e. The third-order valence-electron chi connectivity index (χ3n) is 3.89. The van der Waals surface area contributed by atoms with Gasteiger partial charge < -0.3 is 10.1 Å². The second-order valence-electron chi connectivity index (χ2n) is 5.66. The Morgan fingerprint density at radius 2 is 1.95 bits per heavy atom. The van der Waals surface area contributed by atoms with E-state index in [0.29, 0.717) is 6.42 Å². The van der Waals surface area contributed by atoms with E-state index in [-0.39, 0.29) is 18.0 Å². The fourth-order valence-corrected chi connectivity index (χ4v) is 2.77. The van der Waals surface area contributed by atoms with Gasteiger partial charge in [0.2, 0.25) is 0 Å². The molecule has 3 rings (SSSR count). The Kier molecular flexibility index (Phi) is 4.20. The molecule has 0 aromatic heterocycles. The first-order valence-electron chi connectivity index (χ1n) is 7.43. The van der Waals surface area contributed by atoms with Crippen LogP contribution in [0.15, 0.2) is 48.5 Å². The minimum absolute atomic E-state index is 0.129. The number of halogens is 1. The normalized spacial score (nSPS) is 18.1. The standard InChI is InChI=1S/C18H20FNO/c1-13(10-14-6-2-4-8-17(14)19)20-12-16-11-15-7-3-5-9-18(15)21-16/h2-9,13,16,20H,10-12H2,1H3. The summed E-state index contributed by atoms with van der Waals surface area (Å²) < 4.78 is 19.5. The molecule has 0 saturated heterocycles. The van der Waals surface area contributed by atoms with Crippen LogP contribution in [0.25, 0.3) is 0 Å². The zero-order valence-electron chi connectivity index (χ0n) is 12.2. The molecule has 1 aliphatic heterocycles. The van der Waals surface area contributed by atoms with Crippen LogP contribution in [0.4, 0.5) is 4.39 Å². The fourth-order valence-electron chi connectivity index (χ4n) is 2.77. The van der Waals surface area contributed by atoms with Crippen molar-refractivity contribution in [2.75, 3.05) is 6.54 Å². The maximum Gasteiger partial charge on any atom is 0.126 e. The zero-order valence-corrected chi connectivity index (χ0v) is 12.2. The van der Waals surface area contributed by atoms with Crippen LogP contribution in [0.2, 0.25) is 0 Å². The maximum atomic E-state index is 13.6. The average molecular weight is 285 g/mol. The van der Waals surface area contributed by atoms with Crippen LogP contribution in [-0.4, -0.2) is 18.7 Å². The minimum atomic E-state index is -0.129. The van der Waals surface area contributed by atoms with Gasteiger partial charge in [-0.15, -0.1) is 0 Å². The lowest BCUT2D eigenvalue weighted by molar-refractivity contribution is 0.222. The molecule has 110 valence electrons. The predicted octanol–water partition coefficient (Wildman–Crippen LogP) is 3.35. The highest BCUT2D eigenvalue weighted by molar-refractivity contribution is 5.37. The van der Waals surface area contributed by atoms with Gasteiger partial charge in [0.1, 0.15) is 17.7 Å². The number of hydrogen-bond donors (Lipinski definition) is 1. The van der Waals surface area contributed by atoms with Gasteiger partial charge in [0.05, 0.1) is 0 Å². The molecule has 2 nitrogen and oxygen atoms in total. The Balaban J connectivity index is 1.49. The Labute approximate surface area is 125 Å². The van der Waals surface area contributed by atoms with Gasteiger partial charge in [-0.3, -0.25) is 0 Å². The van der Waals surface area contributed by atoms with Gasteiger partial charge in [-0.2, -0.15) is 0 Å². The molecule has 0 amide bonds. The van der Waals surface area contributed by atoms with Crippen LogP contribution in [-0.2, 0) is 12.8 Å². The maximum absolute atomic E-state index is 13.6. The first-order valence-corrected chi connectivity index (χ1v) is 7.43. The van der Waals surface area contributed by atoms with Crippen molar-refractivity contribution >= 4 is 0 Å². The lowest BCUT2D eigenvalue weighted by Gasteiger charge is -2.17. The van der Waals surface area contributed by atoms with Crippen molar-refractivity contribution in [1.29, 1.82) is 0 Å². The summed E-state index contributed by atoms with van der Waals surface area (Å²) in [5.41, 5.74) is 2.03. The van der Waals surface area contributed by atoms with Crippen LogP contribution in [0.1, 0.15) is 18.1 Å². The van der Waals surface area contributed by atoms with Crippen molar-refractivity contribution in [1.82, 2.24) is 5.32 Å². The van der Waals surface area contributed by atoms with E-state index in [4.69, 9.17) is 4.74 Å². The van der Waals surface area contributed by atoms with Crippen molar-refractivity contribution in [3.63, 3.8) is 0 Å². The summed E-state index contributed by atoms with van der Waals surface area (Å²) in [7, 11) is 0. The van der Waals surface area contributed by atoms with Crippen molar-refractivity contribution in [2.45, 2.75) is 31.9 Å². The summed E-state index contributed by atoms with van der Waals surface area (Å²) in [5.74, 6) is 0.863. The molecular weight excluding hydrogens is 265 g/mol. The molecule has 0 fully saturated rings. The Hall–Kier alpha value is -1.87. The van der Waals surface area contributed by atoms with E-state index in [1.807, 2.05) is 30.3 Å². The molecular formula is C18H20FNO. The average Bonchev–Trinajstić information content (AvgIpc) is 2.90. The first kappa shape index (κ1) is 14.1. The summed E-state index contributed by atoms with van der Waals surface area (Å²) in [5, 5.41) is 3.44. The Morgan fingerprint density at radius 3 is 2.76 bits per heavy atom. The predicted molar refractivity (Wildman–Crippen MR) is 82.1 cm³/mol. The van der Waals surface area contributed by atoms with Crippen molar-refractivity contribution in [3.8, 4) is 5.75 Å². The topological polar surface area (TPSA) is 21.3 Å². The number of nitrogens with one attached hydrogen (secondary N) is 1. The fraction of sp³-hybridized carbons (Fsp3) is 0.333. The van der Waals surface area contributed by atoms with Crippen LogP contribution in [0, 0.1) is 5.82 Å². The second kappa shape index (κ2) is 6.27. The van der Waals surface area contributed by atoms with E-state index >= 15 is 0 Å². The van der Waals surface area contributed by atoms with Gasteiger partial charge in [-0.25, -0.2) is 4.39 Å². The van der Waals surface area contributed by atoms with E-state index in [9.17, 15) is 4.39 Å². The molecule has 2 atom stereocenters. The highest BCUT2D eigenvalue weighted by atomic mass is 19.1. The Bertz CT molecular complexity index is 589. The van der Waals surface area contributed by atoms with Gasteiger partial charge in [-0.1, -0.05) is 36.4 Å². The number of rotatable bonds is 5. The first-order chi connectivity index (χ1) is 10.2. The van der Waals surface area contributed by atoms with E-state index in [2.05, 4.69) is 18.3 Å². The quantitative estimate of drug-likeness (QED) is 0.909. The number of benzene rings is 2. The van der Waals surface area contributed by atoms with Crippen LogP contribution in [0.3, 0.4) is 0 Å². The highest BCUT2D eigenvalue weighted by Gasteiger charge is 2.22. The van der Waals surface area contributed by atoms with Gasteiger partial charge in [0.15, 0.2) is 0 Å². The SMILES string of the molecule is CC(Cc1ccccc1F)NCC1Cc2ccccc2O1. The number of para-hydroxylation sites is 1. The smallest absolute Gasteiger partial charge is 0.126 e. The van der Waals surface area contributed by atoms with Crippen LogP contribution < -0.4 is 10.1 Å².